The second-order valence-corrected chi connectivity index (χ2v) is 6.52. The number of anilines is 3. The van der Waals surface area contributed by atoms with Gasteiger partial charge in [0.05, 0.1) is 16.6 Å². The molecule has 0 saturated heterocycles. The van der Waals surface area contributed by atoms with Crippen LogP contribution in [0.2, 0.25) is 0 Å². The maximum atomic E-state index is 13.3. The molecule has 2 aromatic carbocycles. The first kappa shape index (κ1) is 17.7. The molecular weight excluding hydrogens is 357 g/mol. The Hall–Kier alpha value is -3.68. The number of hydrogen-bond donors (Lipinski definition) is 4. The summed E-state index contributed by atoms with van der Waals surface area (Å²) in [6.45, 7) is 0.700. The molecule has 0 saturated carbocycles. The largest absolute Gasteiger partial charge is 0.384 e. The zero-order valence-electron chi connectivity index (χ0n) is 15.1. The van der Waals surface area contributed by atoms with E-state index in [1.807, 2.05) is 18.2 Å². The molecule has 4 rings (SSSR count). The van der Waals surface area contributed by atoms with Gasteiger partial charge < -0.3 is 16.8 Å². The summed E-state index contributed by atoms with van der Waals surface area (Å²) in [6, 6.07) is 12.4. The third-order valence-electron chi connectivity index (χ3n) is 4.51. The summed E-state index contributed by atoms with van der Waals surface area (Å²) in [7, 11) is 0. The summed E-state index contributed by atoms with van der Waals surface area (Å²) >= 11 is 0. The Morgan fingerprint density at radius 2 is 2.00 bits per heavy atom. The maximum Gasteiger partial charge on any atom is 0.220 e. The molecule has 0 atom stereocenters. The van der Waals surface area contributed by atoms with E-state index in [2.05, 4.69) is 25.5 Å². The van der Waals surface area contributed by atoms with Crippen LogP contribution in [0.15, 0.2) is 48.7 Å². The lowest BCUT2D eigenvalue weighted by molar-refractivity contribution is 0.625. The molecule has 0 aliphatic rings. The van der Waals surface area contributed by atoms with Gasteiger partial charge in [-0.3, -0.25) is 5.10 Å². The molecule has 0 aliphatic carbocycles. The molecule has 7 nitrogen and oxygen atoms in total. The van der Waals surface area contributed by atoms with Crippen molar-refractivity contribution in [3.8, 4) is 11.3 Å². The number of benzene rings is 2. The molecule has 0 radical (unpaired) electrons. The lowest BCUT2D eigenvalue weighted by atomic mass is 10.1. The summed E-state index contributed by atoms with van der Waals surface area (Å²) in [5, 5.41) is 11.3. The lowest BCUT2D eigenvalue weighted by Gasteiger charge is -2.11. The fraction of sp³-hybridized carbons (Fsp3) is 0.150. The van der Waals surface area contributed by atoms with Crippen molar-refractivity contribution in [2.45, 2.75) is 12.8 Å². The van der Waals surface area contributed by atoms with Crippen LogP contribution in [0.4, 0.5) is 21.8 Å². The number of nitrogen functional groups attached to an aromatic ring is 2. The van der Waals surface area contributed by atoms with E-state index >= 15 is 0 Å². The predicted molar refractivity (Wildman–Crippen MR) is 109 cm³/mol. The average molecular weight is 377 g/mol. The first-order chi connectivity index (χ1) is 13.6. The molecule has 0 fully saturated rings. The van der Waals surface area contributed by atoms with Gasteiger partial charge in [0.25, 0.3) is 0 Å². The number of rotatable bonds is 6. The Kier molecular flexibility index (Phi) is 4.76. The van der Waals surface area contributed by atoms with Gasteiger partial charge in [0.15, 0.2) is 5.82 Å². The second-order valence-electron chi connectivity index (χ2n) is 6.52. The number of aryl methyl sites for hydroxylation is 1. The Balaban J connectivity index is 1.56. The number of nitrogens with two attached hydrogens (primary N) is 2. The Morgan fingerprint density at radius 1 is 1.11 bits per heavy atom. The number of fused-ring (bicyclic) bond motifs is 1. The summed E-state index contributed by atoms with van der Waals surface area (Å²) in [5.41, 5.74) is 16.0. The molecule has 8 heteroatoms. The Morgan fingerprint density at radius 3 is 2.82 bits per heavy atom. The van der Waals surface area contributed by atoms with Crippen LogP contribution >= 0.6 is 0 Å². The molecule has 28 heavy (non-hydrogen) atoms. The van der Waals surface area contributed by atoms with Crippen LogP contribution in [0.25, 0.3) is 22.2 Å². The maximum absolute atomic E-state index is 13.3. The molecule has 2 heterocycles. The number of aromatic nitrogens is 4. The molecule has 0 spiro atoms. The van der Waals surface area contributed by atoms with Gasteiger partial charge in [0.1, 0.15) is 5.82 Å². The highest BCUT2D eigenvalue weighted by Gasteiger charge is 2.12. The van der Waals surface area contributed by atoms with Crippen molar-refractivity contribution in [2.24, 2.45) is 0 Å². The SMILES string of the molecule is Nc1nccc(-c2cc(NCCCc3cccc(F)c3)c3c(N)n[nH]c3c2)n1. The van der Waals surface area contributed by atoms with Crippen molar-refractivity contribution in [3.63, 3.8) is 0 Å². The van der Waals surface area contributed by atoms with Crippen molar-refractivity contribution < 1.29 is 4.39 Å². The molecule has 2 aromatic heterocycles. The molecule has 0 bridgehead atoms. The standard InChI is InChI=1S/C20H20FN7/c21-14-5-1-3-12(9-14)4-2-7-24-16-10-13(15-6-8-25-20(23)26-15)11-17-18(16)19(22)28-27-17/h1,3,5-6,8-11,24H,2,4,7H2,(H3,22,27,28)(H2,23,25,26). The highest BCUT2D eigenvalue weighted by Crippen LogP contribution is 2.32. The number of nitrogens with zero attached hydrogens (tertiary/aromatic N) is 3. The minimum absolute atomic E-state index is 0.213. The molecule has 0 amide bonds. The molecule has 0 unspecified atom stereocenters. The van der Waals surface area contributed by atoms with Gasteiger partial charge in [-0.15, -0.1) is 0 Å². The first-order valence-electron chi connectivity index (χ1n) is 8.95. The van der Waals surface area contributed by atoms with Gasteiger partial charge in [0, 0.05) is 24.0 Å². The summed E-state index contributed by atoms with van der Waals surface area (Å²) < 4.78 is 13.3. The molecule has 4 aromatic rings. The van der Waals surface area contributed by atoms with Crippen LogP contribution in [0.5, 0.6) is 0 Å². The van der Waals surface area contributed by atoms with Gasteiger partial charge >= 0.3 is 0 Å². The van der Waals surface area contributed by atoms with Crippen molar-refractivity contribution in [1.82, 2.24) is 20.2 Å². The van der Waals surface area contributed by atoms with Gasteiger partial charge in [-0.05, 0) is 48.7 Å². The number of halogens is 1. The zero-order chi connectivity index (χ0) is 19.5. The van der Waals surface area contributed by atoms with E-state index in [4.69, 9.17) is 11.5 Å². The number of H-pyrrole nitrogens is 1. The van der Waals surface area contributed by atoms with E-state index < -0.39 is 0 Å². The van der Waals surface area contributed by atoms with E-state index in [9.17, 15) is 4.39 Å². The molecule has 6 N–H and O–H groups in total. The van der Waals surface area contributed by atoms with Crippen LogP contribution in [0.1, 0.15) is 12.0 Å². The Bertz CT molecular complexity index is 1120. The number of hydrogen-bond acceptors (Lipinski definition) is 6. The van der Waals surface area contributed by atoms with E-state index in [0.29, 0.717) is 18.1 Å². The normalized spacial score (nSPS) is 11.0. The van der Waals surface area contributed by atoms with Gasteiger partial charge in [-0.2, -0.15) is 5.10 Å². The number of aromatic amines is 1. The zero-order valence-corrected chi connectivity index (χ0v) is 15.1. The van der Waals surface area contributed by atoms with Gasteiger partial charge in [-0.25, -0.2) is 14.4 Å². The summed E-state index contributed by atoms with van der Waals surface area (Å²) in [5.74, 6) is 0.429. The topological polar surface area (TPSA) is 119 Å². The average Bonchev–Trinajstić information content (AvgIpc) is 3.06. The smallest absolute Gasteiger partial charge is 0.220 e. The van der Waals surface area contributed by atoms with Crippen molar-refractivity contribution in [1.29, 1.82) is 0 Å². The minimum Gasteiger partial charge on any atom is -0.384 e. The van der Waals surface area contributed by atoms with E-state index in [1.165, 1.54) is 6.07 Å². The van der Waals surface area contributed by atoms with Crippen LogP contribution in [-0.2, 0) is 6.42 Å². The minimum atomic E-state index is -0.213. The van der Waals surface area contributed by atoms with Crippen molar-refractivity contribution in [2.75, 3.05) is 23.3 Å². The summed E-state index contributed by atoms with van der Waals surface area (Å²) in [4.78, 5) is 8.21. The van der Waals surface area contributed by atoms with Crippen LogP contribution in [-0.4, -0.2) is 26.7 Å². The second kappa shape index (κ2) is 7.51. The van der Waals surface area contributed by atoms with Gasteiger partial charge in [0.2, 0.25) is 5.95 Å². The highest BCUT2D eigenvalue weighted by molar-refractivity contribution is 6.02. The van der Waals surface area contributed by atoms with E-state index in [0.717, 1.165) is 40.6 Å². The van der Waals surface area contributed by atoms with Crippen LogP contribution < -0.4 is 16.8 Å². The van der Waals surface area contributed by atoms with Crippen LogP contribution in [0.3, 0.4) is 0 Å². The van der Waals surface area contributed by atoms with E-state index in [-0.39, 0.29) is 11.8 Å². The lowest BCUT2D eigenvalue weighted by Crippen LogP contribution is -2.04. The molecule has 142 valence electrons. The van der Waals surface area contributed by atoms with Crippen molar-refractivity contribution >= 4 is 28.4 Å². The van der Waals surface area contributed by atoms with Crippen molar-refractivity contribution in [3.05, 3.63) is 60.0 Å². The fourth-order valence-corrected chi connectivity index (χ4v) is 3.21. The highest BCUT2D eigenvalue weighted by atomic mass is 19.1. The molecule has 0 aliphatic heterocycles. The Labute approximate surface area is 161 Å². The van der Waals surface area contributed by atoms with Crippen LogP contribution in [0, 0.1) is 5.82 Å². The third kappa shape index (κ3) is 3.71. The monoisotopic (exact) mass is 377 g/mol. The molecular formula is C20H20FN7. The predicted octanol–water partition coefficient (Wildman–Crippen LogP) is 3.37. The van der Waals surface area contributed by atoms with Gasteiger partial charge in [-0.1, -0.05) is 12.1 Å². The quantitative estimate of drug-likeness (QED) is 0.383. The summed E-state index contributed by atoms with van der Waals surface area (Å²) in [6.07, 6.45) is 3.24. The third-order valence-corrected chi connectivity index (χ3v) is 4.51. The van der Waals surface area contributed by atoms with E-state index in [1.54, 1.807) is 24.4 Å². The first-order valence-corrected chi connectivity index (χ1v) is 8.95. The fourth-order valence-electron chi connectivity index (χ4n) is 3.21. The number of nitrogens with one attached hydrogen (secondary N) is 2.